The lowest BCUT2D eigenvalue weighted by Gasteiger charge is -2.28. The van der Waals surface area contributed by atoms with E-state index in [1.165, 1.54) is 41.3 Å². The molecule has 2 aromatic heterocycles. The molecule has 90 valence electrons. The normalized spacial score (nSPS) is 16.0. The third-order valence-corrected chi connectivity index (χ3v) is 4.07. The number of hydrogen-bond acceptors (Lipinski definition) is 1. The zero-order valence-corrected chi connectivity index (χ0v) is 10.1. The van der Waals surface area contributed by atoms with Crippen molar-refractivity contribution in [1.29, 1.82) is 0 Å². The highest BCUT2D eigenvalue weighted by Gasteiger charge is 2.25. The number of nitrogens with one attached hydrogen (secondary N) is 2. The maximum atomic E-state index is 4.14. The van der Waals surface area contributed by atoms with Crippen LogP contribution in [0.5, 0.6) is 0 Å². The highest BCUT2D eigenvalue weighted by atomic mass is 14.9. The van der Waals surface area contributed by atoms with E-state index in [4.69, 9.17) is 0 Å². The zero-order chi connectivity index (χ0) is 11.9. The smallest absolute Gasteiger partial charge is 0.0924 e. The van der Waals surface area contributed by atoms with Gasteiger partial charge >= 0.3 is 0 Å². The summed E-state index contributed by atoms with van der Waals surface area (Å²) < 4.78 is 0. The Bertz CT molecular complexity index is 675. The summed E-state index contributed by atoms with van der Waals surface area (Å²) in [7, 11) is 0. The predicted molar refractivity (Wildman–Crippen MR) is 72.5 cm³/mol. The summed E-state index contributed by atoms with van der Waals surface area (Å²) in [6.45, 7) is 0. The number of H-pyrrole nitrogens is 2. The van der Waals surface area contributed by atoms with Crippen molar-refractivity contribution in [1.82, 2.24) is 15.0 Å². The molecule has 0 spiro atoms. The lowest BCUT2D eigenvalue weighted by Crippen LogP contribution is -2.10. The summed E-state index contributed by atoms with van der Waals surface area (Å²) in [4.78, 5) is 10.8. The highest BCUT2D eigenvalue weighted by molar-refractivity contribution is 5.89. The first-order chi connectivity index (χ1) is 8.93. The van der Waals surface area contributed by atoms with Crippen LogP contribution in [0, 0.1) is 0 Å². The monoisotopic (exact) mass is 237 g/mol. The quantitative estimate of drug-likeness (QED) is 0.699. The lowest BCUT2D eigenvalue weighted by atomic mass is 9.77. The molecule has 18 heavy (non-hydrogen) atoms. The minimum Gasteiger partial charge on any atom is -0.361 e. The van der Waals surface area contributed by atoms with Gasteiger partial charge in [-0.25, -0.2) is 4.98 Å². The maximum absolute atomic E-state index is 4.14. The second kappa shape index (κ2) is 3.73. The molecule has 1 fully saturated rings. The van der Waals surface area contributed by atoms with Gasteiger partial charge in [0.1, 0.15) is 0 Å². The Balaban J connectivity index is 2.00. The molecule has 0 amide bonds. The molecular weight excluding hydrogens is 222 g/mol. The van der Waals surface area contributed by atoms with Gasteiger partial charge in [-0.1, -0.05) is 18.6 Å². The molecule has 2 heterocycles. The van der Waals surface area contributed by atoms with Crippen molar-refractivity contribution in [3.8, 4) is 11.3 Å². The van der Waals surface area contributed by atoms with Crippen LogP contribution in [0.4, 0.5) is 0 Å². The van der Waals surface area contributed by atoms with Gasteiger partial charge in [0.15, 0.2) is 0 Å². The Morgan fingerprint density at radius 3 is 2.78 bits per heavy atom. The fraction of sp³-hybridized carbons (Fsp3) is 0.267. The highest BCUT2D eigenvalue weighted by Crippen LogP contribution is 2.43. The molecule has 1 aromatic carbocycles. The lowest BCUT2D eigenvalue weighted by molar-refractivity contribution is 0.422. The molecule has 1 aliphatic carbocycles. The predicted octanol–water partition coefficient (Wildman–Crippen LogP) is 3.83. The van der Waals surface area contributed by atoms with Crippen LogP contribution in [0.15, 0.2) is 36.9 Å². The fourth-order valence-electron chi connectivity index (χ4n) is 2.91. The Hall–Kier alpha value is -2.03. The molecule has 2 N–H and O–H groups in total. The molecule has 0 unspecified atom stereocenters. The van der Waals surface area contributed by atoms with Crippen molar-refractivity contribution in [2.75, 3.05) is 0 Å². The van der Waals surface area contributed by atoms with Crippen LogP contribution >= 0.6 is 0 Å². The minimum absolute atomic E-state index is 0.700. The van der Waals surface area contributed by atoms with E-state index < -0.39 is 0 Å². The molecule has 4 rings (SSSR count). The van der Waals surface area contributed by atoms with E-state index >= 15 is 0 Å². The van der Waals surface area contributed by atoms with E-state index in [1.54, 1.807) is 6.33 Å². The van der Waals surface area contributed by atoms with Gasteiger partial charge in [-0.05, 0) is 35.8 Å². The number of rotatable bonds is 2. The summed E-state index contributed by atoms with van der Waals surface area (Å²) in [6, 6.07) is 6.55. The van der Waals surface area contributed by atoms with Crippen molar-refractivity contribution in [2.24, 2.45) is 0 Å². The standard InChI is InChI=1S/C15H15N3/c1-2-10(3-1)14-12(13-8-16-9-18-13)5-4-11-6-7-17-15(11)14/h4-10,17H,1-3H2,(H,16,18). The number of hydrogen-bond donors (Lipinski definition) is 2. The van der Waals surface area contributed by atoms with Gasteiger partial charge in [0.2, 0.25) is 0 Å². The molecular formula is C15H15N3. The van der Waals surface area contributed by atoms with E-state index in [9.17, 15) is 0 Å². The van der Waals surface area contributed by atoms with Crippen LogP contribution in [0.3, 0.4) is 0 Å². The molecule has 0 radical (unpaired) electrons. The first-order valence-electron chi connectivity index (χ1n) is 6.52. The molecule has 1 aliphatic rings. The molecule has 1 saturated carbocycles. The Labute approximate surface area is 105 Å². The first-order valence-corrected chi connectivity index (χ1v) is 6.52. The van der Waals surface area contributed by atoms with Crippen LogP contribution in [-0.2, 0) is 0 Å². The van der Waals surface area contributed by atoms with Crippen molar-refractivity contribution in [2.45, 2.75) is 25.2 Å². The van der Waals surface area contributed by atoms with Crippen molar-refractivity contribution in [3.63, 3.8) is 0 Å². The molecule has 0 bridgehead atoms. The topological polar surface area (TPSA) is 44.5 Å². The molecule has 3 nitrogen and oxygen atoms in total. The number of benzene rings is 1. The number of nitrogens with zero attached hydrogens (tertiary/aromatic N) is 1. The van der Waals surface area contributed by atoms with E-state index in [1.807, 2.05) is 12.4 Å². The molecule has 0 atom stereocenters. The van der Waals surface area contributed by atoms with Gasteiger partial charge in [0, 0.05) is 17.3 Å². The van der Waals surface area contributed by atoms with Gasteiger partial charge in [0.05, 0.1) is 18.2 Å². The van der Waals surface area contributed by atoms with Crippen LogP contribution in [0.2, 0.25) is 0 Å². The van der Waals surface area contributed by atoms with E-state index in [2.05, 4.69) is 33.2 Å². The molecule has 3 heteroatoms. The van der Waals surface area contributed by atoms with E-state index in [0.29, 0.717) is 5.92 Å². The summed E-state index contributed by atoms with van der Waals surface area (Å²) in [5, 5.41) is 1.31. The summed E-state index contributed by atoms with van der Waals surface area (Å²) >= 11 is 0. The van der Waals surface area contributed by atoms with Crippen molar-refractivity contribution >= 4 is 10.9 Å². The Kier molecular flexibility index (Phi) is 2.06. The Morgan fingerprint density at radius 2 is 2.06 bits per heavy atom. The average molecular weight is 237 g/mol. The van der Waals surface area contributed by atoms with Crippen LogP contribution < -0.4 is 0 Å². The van der Waals surface area contributed by atoms with Gasteiger partial charge in [-0.3, -0.25) is 0 Å². The number of aromatic nitrogens is 3. The first kappa shape index (κ1) is 9.95. The van der Waals surface area contributed by atoms with Crippen LogP contribution in [0.25, 0.3) is 22.2 Å². The van der Waals surface area contributed by atoms with Crippen molar-refractivity contribution in [3.05, 3.63) is 42.5 Å². The SMILES string of the molecule is c1ncc(-c2ccc3cc[nH]c3c2C2CCC2)[nH]1. The van der Waals surface area contributed by atoms with E-state index in [0.717, 1.165) is 5.69 Å². The fourth-order valence-corrected chi connectivity index (χ4v) is 2.91. The van der Waals surface area contributed by atoms with Gasteiger partial charge in [-0.15, -0.1) is 0 Å². The summed E-state index contributed by atoms with van der Waals surface area (Å²) in [5.41, 5.74) is 5.18. The second-order valence-corrected chi connectivity index (χ2v) is 5.06. The molecule has 3 aromatic rings. The summed E-state index contributed by atoms with van der Waals surface area (Å²) in [6.07, 6.45) is 9.65. The third kappa shape index (κ3) is 1.33. The van der Waals surface area contributed by atoms with Gasteiger partial charge in [0.25, 0.3) is 0 Å². The van der Waals surface area contributed by atoms with E-state index in [-0.39, 0.29) is 0 Å². The van der Waals surface area contributed by atoms with Gasteiger partial charge in [-0.2, -0.15) is 0 Å². The largest absolute Gasteiger partial charge is 0.361 e. The van der Waals surface area contributed by atoms with Crippen molar-refractivity contribution < 1.29 is 0 Å². The minimum atomic E-state index is 0.700. The zero-order valence-electron chi connectivity index (χ0n) is 10.1. The van der Waals surface area contributed by atoms with Crippen LogP contribution in [-0.4, -0.2) is 15.0 Å². The maximum Gasteiger partial charge on any atom is 0.0924 e. The number of fused-ring (bicyclic) bond motifs is 1. The second-order valence-electron chi connectivity index (χ2n) is 5.06. The average Bonchev–Trinajstić information content (AvgIpc) is 2.97. The summed E-state index contributed by atoms with van der Waals surface area (Å²) in [5.74, 6) is 0.700. The molecule has 0 saturated heterocycles. The number of aromatic amines is 2. The third-order valence-electron chi connectivity index (χ3n) is 4.07. The molecule has 0 aliphatic heterocycles. The Morgan fingerprint density at radius 1 is 1.11 bits per heavy atom. The van der Waals surface area contributed by atoms with Gasteiger partial charge < -0.3 is 9.97 Å². The van der Waals surface area contributed by atoms with Crippen LogP contribution in [0.1, 0.15) is 30.7 Å². The number of imidazole rings is 1.